The summed E-state index contributed by atoms with van der Waals surface area (Å²) >= 11 is 17.8. The van der Waals surface area contributed by atoms with Crippen LogP contribution in [0.4, 0.5) is 0 Å². The van der Waals surface area contributed by atoms with E-state index in [9.17, 15) is 8.42 Å². The van der Waals surface area contributed by atoms with Gasteiger partial charge in [-0.05, 0) is 54.8 Å². The van der Waals surface area contributed by atoms with Crippen molar-refractivity contribution >= 4 is 44.8 Å². The van der Waals surface area contributed by atoms with Crippen LogP contribution in [0.3, 0.4) is 0 Å². The maximum atomic E-state index is 12.5. The molecule has 0 radical (unpaired) electrons. The summed E-state index contributed by atoms with van der Waals surface area (Å²) in [7, 11) is -0.520. The van der Waals surface area contributed by atoms with E-state index >= 15 is 0 Å². The number of benzene rings is 2. The normalized spacial score (nSPS) is 14.4. The van der Waals surface area contributed by atoms with Crippen molar-refractivity contribution in [1.82, 2.24) is 9.62 Å². The Labute approximate surface area is 192 Å². The van der Waals surface area contributed by atoms with Crippen molar-refractivity contribution in [1.29, 1.82) is 0 Å². The smallest absolute Gasteiger partial charge is 0.242 e. The minimum Gasteiger partial charge on any atom is -0.493 e. The number of hydrogen-bond donors (Lipinski definition) is 1. The largest absolute Gasteiger partial charge is 0.493 e. The second-order valence-electron chi connectivity index (χ2n) is 6.95. The molecule has 0 fully saturated rings. The summed E-state index contributed by atoms with van der Waals surface area (Å²) < 4.78 is 38.4. The lowest BCUT2D eigenvalue weighted by atomic mass is 9.98. The molecule has 6 nitrogen and oxygen atoms in total. The van der Waals surface area contributed by atoms with E-state index in [0.29, 0.717) is 12.2 Å². The van der Waals surface area contributed by atoms with Gasteiger partial charge in [0.2, 0.25) is 10.0 Å². The third kappa shape index (κ3) is 5.33. The van der Waals surface area contributed by atoms with Gasteiger partial charge in [-0.3, -0.25) is 4.90 Å². The highest BCUT2D eigenvalue weighted by Crippen LogP contribution is 2.33. The molecule has 0 unspecified atom stereocenters. The first-order valence-corrected chi connectivity index (χ1v) is 12.0. The van der Waals surface area contributed by atoms with Gasteiger partial charge >= 0.3 is 0 Å². The molecule has 3 rings (SSSR count). The molecule has 1 N–H and O–H groups in total. The molecular weight excluding hydrogens is 471 g/mol. The lowest BCUT2D eigenvalue weighted by Crippen LogP contribution is -2.34. The number of sulfonamides is 1. The molecule has 0 aromatic heterocycles. The molecule has 0 atom stereocenters. The molecule has 1 aliphatic rings. The van der Waals surface area contributed by atoms with E-state index in [1.54, 1.807) is 14.2 Å². The number of halogens is 3. The number of nitrogens with one attached hydrogen (secondary N) is 1. The molecule has 10 heteroatoms. The highest BCUT2D eigenvalue weighted by atomic mass is 35.5. The Hall–Kier alpha value is -1.22. The molecular formula is C20H23Cl3N2O4S. The highest BCUT2D eigenvalue weighted by Gasteiger charge is 2.21. The average molecular weight is 494 g/mol. The van der Waals surface area contributed by atoms with Crippen LogP contribution in [0, 0.1) is 0 Å². The molecule has 0 spiro atoms. The third-order valence-corrected chi connectivity index (χ3v) is 7.65. The van der Waals surface area contributed by atoms with Gasteiger partial charge in [-0.15, -0.1) is 0 Å². The molecule has 164 valence electrons. The van der Waals surface area contributed by atoms with Gasteiger partial charge in [0, 0.05) is 19.6 Å². The first-order valence-electron chi connectivity index (χ1n) is 9.35. The minimum atomic E-state index is -3.77. The number of ether oxygens (including phenoxy) is 2. The molecule has 0 saturated carbocycles. The maximum absolute atomic E-state index is 12.5. The molecule has 30 heavy (non-hydrogen) atoms. The van der Waals surface area contributed by atoms with Gasteiger partial charge in [0.25, 0.3) is 0 Å². The van der Waals surface area contributed by atoms with Crippen molar-refractivity contribution < 1.29 is 17.9 Å². The van der Waals surface area contributed by atoms with Crippen molar-refractivity contribution in [2.75, 3.05) is 33.9 Å². The van der Waals surface area contributed by atoms with Crippen molar-refractivity contribution in [3.05, 3.63) is 50.5 Å². The summed E-state index contributed by atoms with van der Waals surface area (Å²) in [6.45, 7) is 2.72. The molecule has 1 aliphatic heterocycles. The van der Waals surface area contributed by atoms with Gasteiger partial charge in [0.05, 0.1) is 29.3 Å². The van der Waals surface area contributed by atoms with E-state index in [1.165, 1.54) is 23.3 Å². The molecule has 0 bridgehead atoms. The van der Waals surface area contributed by atoms with E-state index < -0.39 is 10.0 Å². The molecule has 2 aromatic rings. The monoisotopic (exact) mass is 492 g/mol. The van der Waals surface area contributed by atoms with Crippen LogP contribution in [0.15, 0.2) is 29.2 Å². The minimum absolute atomic E-state index is 0.0360. The lowest BCUT2D eigenvalue weighted by molar-refractivity contribution is 0.250. The first kappa shape index (κ1) is 23.4. The standard InChI is InChI=1S/C20H23Cl3N2O4S/c1-28-18-8-13-4-7-25(12-14(13)9-19(18)29-2)6-3-5-24-30(26,27)20-11-16(22)15(21)10-17(20)23/h8-11,24H,3-7,12H2,1-2H3. The number of hydrogen-bond acceptors (Lipinski definition) is 5. The summed E-state index contributed by atoms with van der Waals surface area (Å²) in [5, 5.41) is 0.384. The summed E-state index contributed by atoms with van der Waals surface area (Å²) in [5.41, 5.74) is 2.45. The van der Waals surface area contributed by atoms with Gasteiger partial charge in [-0.2, -0.15) is 0 Å². The number of fused-ring (bicyclic) bond motifs is 1. The quantitative estimate of drug-likeness (QED) is 0.436. The third-order valence-electron chi connectivity index (χ3n) is 5.00. The Morgan fingerprint density at radius 1 is 0.967 bits per heavy atom. The molecule has 2 aromatic carbocycles. The predicted octanol–water partition coefficient (Wildman–Crippen LogP) is 4.39. The fraction of sp³-hybridized carbons (Fsp3) is 0.400. The van der Waals surface area contributed by atoms with Gasteiger partial charge in [0.1, 0.15) is 4.90 Å². The van der Waals surface area contributed by atoms with Crippen molar-refractivity contribution in [2.45, 2.75) is 24.3 Å². The van der Waals surface area contributed by atoms with Crippen LogP contribution in [0.1, 0.15) is 17.5 Å². The second-order valence-corrected chi connectivity index (χ2v) is 9.91. The van der Waals surface area contributed by atoms with Crippen molar-refractivity contribution in [2.24, 2.45) is 0 Å². The van der Waals surface area contributed by atoms with Crippen LogP contribution in [0.2, 0.25) is 15.1 Å². The van der Waals surface area contributed by atoms with Crippen LogP contribution in [0.25, 0.3) is 0 Å². The fourth-order valence-corrected chi connectivity index (χ4v) is 5.50. The first-order chi connectivity index (χ1) is 14.2. The molecule has 0 amide bonds. The lowest BCUT2D eigenvalue weighted by Gasteiger charge is -2.29. The summed E-state index contributed by atoms with van der Waals surface area (Å²) in [6, 6.07) is 6.63. The number of methoxy groups -OCH3 is 2. The Morgan fingerprint density at radius 2 is 1.60 bits per heavy atom. The van der Waals surface area contributed by atoms with Gasteiger partial charge < -0.3 is 9.47 Å². The SMILES string of the molecule is COc1cc2c(cc1OC)CN(CCCNS(=O)(=O)c1cc(Cl)c(Cl)cc1Cl)CC2. The predicted molar refractivity (Wildman–Crippen MR) is 120 cm³/mol. The Balaban J connectivity index is 1.56. The molecule has 1 heterocycles. The van der Waals surface area contributed by atoms with E-state index in [0.717, 1.165) is 31.8 Å². The summed E-state index contributed by atoms with van der Waals surface area (Å²) in [4.78, 5) is 2.21. The van der Waals surface area contributed by atoms with E-state index in [1.807, 2.05) is 12.1 Å². The van der Waals surface area contributed by atoms with Crippen LogP contribution in [-0.2, 0) is 23.0 Å². The van der Waals surface area contributed by atoms with Gasteiger partial charge in [-0.25, -0.2) is 13.1 Å². The molecule has 0 saturated heterocycles. The van der Waals surface area contributed by atoms with Crippen molar-refractivity contribution in [3.63, 3.8) is 0 Å². The number of nitrogens with zero attached hydrogens (tertiary/aromatic N) is 1. The Kier molecular flexibility index (Phi) is 7.76. The number of rotatable bonds is 8. The average Bonchev–Trinajstić information content (AvgIpc) is 2.72. The highest BCUT2D eigenvalue weighted by molar-refractivity contribution is 7.89. The zero-order valence-corrected chi connectivity index (χ0v) is 19.8. The molecule has 0 aliphatic carbocycles. The Morgan fingerprint density at radius 3 is 2.27 bits per heavy atom. The topological polar surface area (TPSA) is 67.9 Å². The maximum Gasteiger partial charge on any atom is 0.242 e. The van der Waals surface area contributed by atoms with E-state index in [2.05, 4.69) is 9.62 Å². The van der Waals surface area contributed by atoms with Gasteiger partial charge in [0.15, 0.2) is 11.5 Å². The van der Waals surface area contributed by atoms with E-state index in [4.69, 9.17) is 44.3 Å². The van der Waals surface area contributed by atoms with Crippen LogP contribution < -0.4 is 14.2 Å². The van der Waals surface area contributed by atoms with E-state index in [-0.39, 0.29) is 26.5 Å². The Bertz CT molecular complexity index is 1030. The fourth-order valence-electron chi connectivity index (χ4n) is 3.43. The van der Waals surface area contributed by atoms with Gasteiger partial charge in [-0.1, -0.05) is 34.8 Å². The van der Waals surface area contributed by atoms with Crippen molar-refractivity contribution in [3.8, 4) is 11.5 Å². The zero-order chi connectivity index (χ0) is 21.9. The summed E-state index contributed by atoms with van der Waals surface area (Å²) in [5.74, 6) is 1.45. The van der Waals surface area contributed by atoms with Crippen LogP contribution in [-0.4, -0.2) is 47.2 Å². The van der Waals surface area contributed by atoms with Crippen LogP contribution >= 0.6 is 34.8 Å². The summed E-state index contributed by atoms with van der Waals surface area (Å²) in [6.07, 6.45) is 1.56. The zero-order valence-electron chi connectivity index (χ0n) is 16.7. The van der Waals surface area contributed by atoms with Crippen LogP contribution in [0.5, 0.6) is 11.5 Å². The second kappa shape index (κ2) is 9.94.